The molecule has 0 saturated carbocycles. The summed E-state index contributed by atoms with van der Waals surface area (Å²) in [7, 11) is 0. The third-order valence-corrected chi connectivity index (χ3v) is 3.09. The summed E-state index contributed by atoms with van der Waals surface area (Å²) in [4.78, 5) is 12.1. The van der Waals surface area contributed by atoms with Crippen LogP contribution in [-0.4, -0.2) is 17.6 Å². The highest BCUT2D eigenvalue weighted by Crippen LogP contribution is 2.10. The quantitative estimate of drug-likeness (QED) is 0.847. The molecule has 2 rings (SSSR count). The van der Waals surface area contributed by atoms with Crippen molar-refractivity contribution in [2.45, 2.75) is 13.5 Å². The Morgan fingerprint density at radius 2 is 1.95 bits per heavy atom. The molecule has 106 valence electrons. The van der Waals surface area contributed by atoms with Crippen molar-refractivity contribution in [3.8, 4) is 11.8 Å². The van der Waals surface area contributed by atoms with Gasteiger partial charge in [-0.3, -0.25) is 4.79 Å². The van der Waals surface area contributed by atoms with E-state index >= 15 is 0 Å². The Kier molecular flexibility index (Phi) is 5.14. The van der Waals surface area contributed by atoms with E-state index in [2.05, 4.69) is 17.2 Å². The van der Waals surface area contributed by atoms with Gasteiger partial charge in [0.2, 0.25) is 0 Å². The van der Waals surface area contributed by atoms with Crippen LogP contribution in [0, 0.1) is 18.8 Å². The molecular weight excluding hydrogens is 262 g/mol. The summed E-state index contributed by atoms with van der Waals surface area (Å²) in [5.41, 5.74) is 3.41. The number of nitrogens with one attached hydrogen (secondary N) is 1. The minimum absolute atomic E-state index is 0.108. The summed E-state index contributed by atoms with van der Waals surface area (Å²) >= 11 is 0. The largest absolute Gasteiger partial charge is 0.384 e. The van der Waals surface area contributed by atoms with Crippen molar-refractivity contribution in [1.29, 1.82) is 0 Å². The van der Waals surface area contributed by atoms with Crippen LogP contribution in [-0.2, 0) is 6.54 Å². The first-order valence-electron chi connectivity index (χ1n) is 6.73. The smallest absolute Gasteiger partial charge is 0.251 e. The highest BCUT2D eigenvalue weighted by molar-refractivity contribution is 5.94. The lowest BCUT2D eigenvalue weighted by molar-refractivity contribution is 0.0951. The Hall–Kier alpha value is -2.57. The van der Waals surface area contributed by atoms with Crippen LogP contribution in [0.2, 0.25) is 0 Å². The Morgan fingerprint density at radius 1 is 1.19 bits per heavy atom. The number of carbonyl (C=O) groups excluding carboxylic acids is 1. The monoisotopic (exact) mass is 279 g/mol. The van der Waals surface area contributed by atoms with Crippen LogP contribution in [0.1, 0.15) is 27.0 Å². The van der Waals surface area contributed by atoms with E-state index in [9.17, 15) is 4.79 Å². The van der Waals surface area contributed by atoms with Crippen LogP contribution in [0.4, 0.5) is 0 Å². The number of aliphatic hydroxyl groups excluding tert-OH is 1. The number of carbonyl (C=O) groups is 1. The van der Waals surface area contributed by atoms with E-state index in [1.54, 1.807) is 12.1 Å². The van der Waals surface area contributed by atoms with E-state index in [0.717, 1.165) is 16.7 Å². The van der Waals surface area contributed by atoms with Gasteiger partial charge >= 0.3 is 0 Å². The average Bonchev–Trinajstić information content (AvgIpc) is 2.52. The standard InChI is InChI=1S/C18H17NO2/c1-14-12-17(10-9-16(14)8-5-11-20)18(21)19-13-15-6-3-2-4-7-15/h2-4,6-7,9-10,12,20H,11,13H2,1H3,(H,19,21). The second-order valence-corrected chi connectivity index (χ2v) is 4.66. The molecule has 3 heteroatoms. The molecule has 21 heavy (non-hydrogen) atoms. The maximum atomic E-state index is 12.1. The highest BCUT2D eigenvalue weighted by Gasteiger charge is 2.06. The molecule has 0 fully saturated rings. The van der Waals surface area contributed by atoms with Crippen molar-refractivity contribution in [3.63, 3.8) is 0 Å². The number of hydrogen-bond acceptors (Lipinski definition) is 2. The molecule has 0 aliphatic carbocycles. The van der Waals surface area contributed by atoms with E-state index in [-0.39, 0.29) is 12.5 Å². The summed E-state index contributed by atoms with van der Waals surface area (Å²) in [6.07, 6.45) is 0. The van der Waals surface area contributed by atoms with Gasteiger partial charge in [-0.15, -0.1) is 0 Å². The fourth-order valence-corrected chi connectivity index (χ4v) is 1.96. The molecule has 1 amide bonds. The molecule has 0 aromatic heterocycles. The lowest BCUT2D eigenvalue weighted by atomic mass is 10.0. The first-order valence-corrected chi connectivity index (χ1v) is 6.73. The fraction of sp³-hybridized carbons (Fsp3) is 0.167. The highest BCUT2D eigenvalue weighted by atomic mass is 16.2. The normalized spacial score (nSPS) is 9.62. The van der Waals surface area contributed by atoms with Crippen molar-refractivity contribution < 1.29 is 9.90 Å². The molecule has 0 saturated heterocycles. The average molecular weight is 279 g/mol. The number of benzene rings is 2. The Bertz CT molecular complexity index is 681. The molecule has 0 aliphatic heterocycles. The SMILES string of the molecule is Cc1cc(C(=O)NCc2ccccc2)ccc1C#CCO. The van der Waals surface area contributed by atoms with Crippen LogP contribution < -0.4 is 5.32 Å². The molecule has 3 nitrogen and oxygen atoms in total. The number of aryl methyl sites for hydroxylation is 1. The summed E-state index contributed by atoms with van der Waals surface area (Å²) in [6, 6.07) is 15.1. The van der Waals surface area contributed by atoms with Crippen LogP contribution in [0.5, 0.6) is 0 Å². The second kappa shape index (κ2) is 7.28. The topological polar surface area (TPSA) is 49.3 Å². The number of hydrogen-bond donors (Lipinski definition) is 2. The van der Waals surface area contributed by atoms with Crippen molar-refractivity contribution in [2.24, 2.45) is 0 Å². The van der Waals surface area contributed by atoms with Gasteiger partial charge in [0.1, 0.15) is 6.61 Å². The van der Waals surface area contributed by atoms with Crippen molar-refractivity contribution in [1.82, 2.24) is 5.32 Å². The van der Waals surface area contributed by atoms with E-state index in [1.165, 1.54) is 0 Å². The van der Waals surface area contributed by atoms with Crippen LogP contribution in [0.25, 0.3) is 0 Å². The molecular formula is C18H17NO2. The lowest BCUT2D eigenvalue weighted by Crippen LogP contribution is -2.22. The molecule has 0 aliphatic rings. The zero-order valence-electron chi connectivity index (χ0n) is 11.9. The Morgan fingerprint density at radius 3 is 2.62 bits per heavy atom. The fourth-order valence-electron chi connectivity index (χ4n) is 1.96. The second-order valence-electron chi connectivity index (χ2n) is 4.66. The molecule has 2 aromatic carbocycles. The van der Waals surface area contributed by atoms with Crippen LogP contribution in [0.3, 0.4) is 0 Å². The van der Waals surface area contributed by atoms with Crippen molar-refractivity contribution in [2.75, 3.05) is 6.61 Å². The predicted molar refractivity (Wildman–Crippen MR) is 82.8 cm³/mol. The number of rotatable bonds is 3. The first-order chi connectivity index (χ1) is 10.2. The summed E-state index contributed by atoms with van der Waals surface area (Å²) < 4.78 is 0. The molecule has 0 bridgehead atoms. The van der Waals surface area contributed by atoms with E-state index in [0.29, 0.717) is 12.1 Å². The molecule has 2 aromatic rings. The maximum Gasteiger partial charge on any atom is 0.251 e. The summed E-state index contributed by atoms with van der Waals surface area (Å²) in [5.74, 6) is 5.35. The Balaban J connectivity index is 2.04. The van der Waals surface area contributed by atoms with Gasteiger partial charge in [0.25, 0.3) is 5.91 Å². The zero-order chi connectivity index (χ0) is 15.1. The van der Waals surface area contributed by atoms with Gasteiger partial charge in [0, 0.05) is 17.7 Å². The van der Waals surface area contributed by atoms with Gasteiger partial charge in [0.15, 0.2) is 0 Å². The minimum atomic E-state index is -0.168. The van der Waals surface area contributed by atoms with Crippen LogP contribution in [0.15, 0.2) is 48.5 Å². The maximum absolute atomic E-state index is 12.1. The first kappa shape index (κ1) is 14.8. The third kappa shape index (κ3) is 4.20. The van der Waals surface area contributed by atoms with Gasteiger partial charge in [-0.2, -0.15) is 0 Å². The van der Waals surface area contributed by atoms with E-state index in [4.69, 9.17) is 5.11 Å². The molecule has 2 N–H and O–H groups in total. The van der Waals surface area contributed by atoms with Crippen molar-refractivity contribution >= 4 is 5.91 Å². The van der Waals surface area contributed by atoms with Crippen LogP contribution >= 0.6 is 0 Å². The third-order valence-electron chi connectivity index (χ3n) is 3.09. The molecule has 0 unspecified atom stereocenters. The van der Waals surface area contributed by atoms with Gasteiger partial charge in [-0.1, -0.05) is 42.2 Å². The van der Waals surface area contributed by atoms with Gasteiger partial charge in [-0.25, -0.2) is 0 Å². The predicted octanol–water partition coefficient (Wildman–Crippen LogP) is 2.27. The number of aliphatic hydroxyl groups is 1. The van der Waals surface area contributed by atoms with Gasteiger partial charge in [-0.05, 0) is 36.2 Å². The van der Waals surface area contributed by atoms with Crippen molar-refractivity contribution in [3.05, 3.63) is 70.8 Å². The van der Waals surface area contributed by atoms with Gasteiger partial charge in [0.05, 0.1) is 0 Å². The van der Waals surface area contributed by atoms with E-state index in [1.807, 2.05) is 43.3 Å². The zero-order valence-corrected chi connectivity index (χ0v) is 11.9. The minimum Gasteiger partial charge on any atom is -0.384 e. The lowest BCUT2D eigenvalue weighted by Gasteiger charge is -2.07. The molecule has 0 heterocycles. The molecule has 0 spiro atoms. The molecule has 0 radical (unpaired) electrons. The number of amides is 1. The summed E-state index contributed by atoms with van der Waals surface area (Å²) in [6.45, 7) is 2.24. The summed E-state index contributed by atoms with van der Waals surface area (Å²) in [5, 5.41) is 11.6. The Labute approximate surface area is 124 Å². The molecule has 0 atom stereocenters. The van der Waals surface area contributed by atoms with E-state index < -0.39 is 0 Å². The van der Waals surface area contributed by atoms with Gasteiger partial charge < -0.3 is 10.4 Å².